The van der Waals surface area contributed by atoms with Crippen molar-refractivity contribution in [2.75, 3.05) is 5.73 Å². The highest BCUT2D eigenvalue weighted by Gasteiger charge is 2.21. The fourth-order valence-corrected chi connectivity index (χ4v) is 2.85. The van der Waals surface area contributed by atoms with Crippen LogP contribution in [0.15, 0.2) is 39.6 Å². The SMILES string of the molecule is Cn1nc(-c2ccoc2Br)c(-c2ccc(Cl)c(Cl)c2)c1N. The predicted octanol–water partition coefficient (Wildman–Crippen LogP) is 5.00. The summed E-state index contributed by atoms with van der Waals surface area (Å²) in [5.41, 5.74) is 9.33. The molecule has 0 spiro atoms. The third-order valence-corrected chi connectivity index (χ3v) is 4.53. The Labute approximate surface area is 139 Å². The van der Waals surface area contributed by atoms with Crippen molar-refractivity contribution in [3.05, 3.63) is 45.2 Å². The van der Waals surface area contributed by atoms with Crippen molar-refractivity contribution in [3.8, 4) is 22.4 Å². The molecule has 0 unspecified atom stereocenters. The van der Waals surface area contributed by atoms with Gasteiger partial charge in [0.1, 0.15) is 11.5 Å². The molecule has 0 bridgehead atoms. The zero-order chi connectivity index (χ0) is 15.1. The van der Waals surface area contributed by atoms with Crippen LogP contribution < -0.4 is 5.73 Å². The molecule has 0 saturated heterocycles. The molecule has 0 aliphatic rings. The van der Waals surface area contributed by atoms with Gasteiger partial charge in [-0.3, -0.25) is 4.68 Å². The number of halogens is 3. The number of aromatic nitrogens is 2. The molecule has 7 heteroatoms. The van der Waals surface area contributed by atoms with E-state index < -0.39 is 0 Å². The average molecular weight is 387 g/mol. The number of nitrogen functional groups attached to an aromatic ring is 1. The number of aryl methyl sites for hydroxylation is 1. The number of rotatable bonds is 2. The first-order valence-corrected chi connectivity index (χ1v) is 7.55. The molecule has 2 N–H and O–H groups in total. The third kappa shape index (κ3) is 2.46. The Morgan fingerprint density at radius 3 is 2.62 bits per heavy atom. The summed E-state index contributed by atoms with van der Waals surface area (Å²) in [6.07, 6.45) is 1.59. The molecule has 0 saturated carbocycles. The van der Waals surface area contributed by atoms with E-state index in [9.17, 15) is 0 Å². The van der Waals surface area contributed by atoms with Gasteiger partial charge in [0.25, 0.3) is 0 Å². The van der Waals surface area contributed by atoms with E-state index in [1.54, 1.807) is 30.1 Å². The molecule has 0 aliphatic heterocycles. The van der Waals surface area contributed by atoms with Gasteiger partial charge in [0.2, 0.25) is 0 Å². The van der Waals surface area contributed by atoms with Gasteiger partial charge in [-0.05, 0) is 39.7 Å². The van der Waals surface area contributed by atoms with Gasteiger partial charge in [-0.15, -0.1) is 0 Å². The highest BCUT2D eigenvalue weighted by Crippen LogP contribution is 2.40. The second kappa shape index (κ2) is 5.40. The van der Waals surface area contributed by atoms with Crippen LogP contribution in [-0.2, 0) is 7.05 Å². The predicted molar refractivity (Wildman–Crippen MR) is 88.5 cm³/mol. The highest BCUT2D eigenvalue weighted by molar-refractivity contribution is 9.10. The fraction of sp³-hybridized carbons (Fsp3) is 0.0714. The highest BCUT2D eigenvalue weighted by atomic mass is 79.9. The summed E-state index contributed by atoms with van der Waals surface area (Å²) in [6.45, 7) is 0. The lowest BCUT2D eigenvalue weighted by Crippen LogP contribution is -1.98. The lowest BCUT2D eigenvalue weighted by atomic mass is 10.0. The minimum Gasteiger partial charge on any atom is -0.457 e. The van der Waals surface area contributed by atoms with Crippen LogP contribution in [0.5, 0.6) is 0 Å². The molecular weight excluding hydrogens is 377 g/mol. The van der Waals surface area contributed by atoms with Gasteiger partial charge in [-0.2, -0.15) is 5.10 Å². The molecule has 0 radical (unpaired) electrons. The maximum absolute atomic E-state index is 6.16. The first-order chi connectivity index (χ1) is 9.99. The maximum Gasteiger partial charge on any atom is 0.178 e. The monoisotopic (exact) mass is 385 g/mol. The lowest BCUT2D eigenvalue weighted by Gasteiger charge is -2.05. The van der Waals surface area contributed by atoms with Crippen LogP contribution in [0, 0.1) is 0 Å². The van der Waals surface area contributed by atoms with E-state index in [0.29, 0.717) is 26.2 Å². The van der Waals surface area contributed by atoms with Crippen molar-refractivity contribution in [2.45, 2.75) is 0 Å². The standard InChI is InChI=1S/C14H10BrCl2N3O/c1-20-14(18)11(7-2-3-9(16)10(17)6-7)12(19-20)8-4-5-21-13(8)15/h2-6H,18H2,1H3. The Kier molecular flexibility index (Phi) is 3.73. The van der Waals surface area contributed by atoms with Crippen LogP contribution in [0.4, 0.5) is 5.82 Å². The van der Waals surface area contributed by atoms with E-state index in [0.717, 1.165) is 16.7 Å². The summed E-state index contributed by atoms with van der Waals surface area (Å²) in [5.74, 6) is 0.538. The van der Waals surface area contributed by atoms with Crippen LogP contribution in [0.1, 0.15) is 0 Å². The maximum atomic E-state index is 6.16. The van der Waals surface area contributed by atoms with E-state index in [-0.39, 0.29) is 0 Å². The van der Waals surface area contributed by atoms with E-state index in [4.69, 9.17) is 33.4 Å². The Bertz CT molecular complexity index is 826. The second-order valence-corrected chi connectivity index (χ2v) is 6.00. The van der Waals surface area contributed by atoms with Gasteiger partial charge in [-0.1, -0.05) is 29.3 Å². The number of furan rings is 1. The molecule has 0 aliphatic carbocycles. The van der Waals surface area contributed by atoms with Crippen LogP contribution in [0.25, 0.3) is 22.4 Å². The van der Waals surface area contributed by atoms with Crippen LogP contribution in [0.2, 0.25) is 10.0 Å². The smallest absolute Gasteiger partial charge is 0.178 e. The summed E-state index contributed by atoms with van der Waals surface area (Å²) in [7, 11) is 1.79. The normalized spacial score (nSPS) is 11.0. The molecule has 2 aromatic heterocycles. The van der Waals surface area contributed by atoms with Gasteiger partial charge in [-0.25, -0.2) is 0 Å². The topological polar surface area (TPSA) is 57.0 Å². The lowest BCUT2D eigenvalue weighted by molar-refractivity contribution is 0.542. The average Bonchev–Trinajstić information content (AvgIpc) is 2.98. The van der Waals surface area contributed by atoms with Crippen molar-refractivity contribution in [2.24, 2.45) is 7.05 Å². The van der Waals surface area contributed by atoms with E-state index in [2.05, 4.69) is 21.0 Å². The third-order valence-electron chi connectivity index (χ3n) is 3.17. The van der Waals surface area contributed by atoms with Gasteiger partial charge in [0.15, 0.2) is 4.67 Å². The molecule has 3 rings (SSSR count). The van der Waals surface area contributed by atoms with Crippen molar-refractivity contribution in [3.63, 3.8) is 0 Å². The van der Waals surface area contributed by atoms with Crippen LogP contribution in [0.3, 0.4) is 0 Å². The summed E-state index contributed by atoms with van der Waals surface area (Å²) in [5, 5.41) is 5.43. The minimum atomic E-state index is 0.467. The number of nitrogens with zero attached hydrogens (tertiary/aromatic N) is 2. The Balaban J connectivity index is 2.27. The van der Waals surface area contributed by atoms with E-state index in [1.807, 2.05) is 12.1 Å². The number of anilines is 1. The number of benzene rings is 1. The Morgan fingerprint density at radius 1 is 1.24 bits per heavy atom. The van der Waals surface area contributed by atoms with E-state index >= 15 is 0 Å². The quantitative estimate of drug-likeness (QED) is 0.674. The molecule has 21 heavy (non-hydrogen) atoms. The summed E-state index contributed by atoms with van der Waals surface area (Å²) in [6, 6.07) is 7.20. The van der Waals surface area contributed by atoms with Crippen molar-refractivity contribution in [1.29, 1.82) is 0 Å². The molecule has 108 valence electrons. The Hall–Kier alpha value is -1.43. The summed E-state index contributed by atoms with van der Waals surface area (Å²) < 4.78 is 7.50. The molecule has 3 aromatic rings. The molecule has 0 amide bonds. The fourth-order valence-electron chi connectivity index (χ4n) is 2.12. The largest absolute Gasteiger partial charge is 0.457 e. The molecule has 2 heterocycles. The van der Waals surface area contributed by atoms with Crippen molar-refractivity contribution in [1.82, 2.24) is 9.78 Å². The number of hydrogen-bond donors (Lipinski definition) is 1. The zero-order valence-electron chi connectivity index (χ0n) is 10.9. The molecular formula is C14H10BrCl2N3O. The molecule has 0 atom stereocenters. The first-order valence-electron chi connectivity index (χ1n) is 6.00. The second-order valence-electron chi connectivity index (χ2n) is 4.47. The van der Waals surface area contributed by atoms with Crippen molar-refractivity contribution >= 4 is 44.9 Å². The molecule has 1 aromatic carbocycles. The van der Waals surface area contributed by atoms with Gasteiger partial charge >= 0.3 is 0 Å². The Morgan fingerprint density at radius 2 is 2.00 bits per heavy atom. The summed E-state index contributed by atoms with van der Waals surface area (Å²) in [4.78, 5) is 0. The van der Waals surface area contributed by atoms with Gasteiger partial charge in [0, 0.05) is 7.05 Å². The molecule has 4 nitrogen and oxygen atoms in total. The number of nitrogens with two attached hydrogens (primary N) is 1. The summed E-state index contributed by atoms with van der Waals surface area (Å²) >= 11 is 15.4. The van der Waals surface area contributed by atoms with Crippen molar-refractivity contribution < 1.29 is 4.42 Å². The first kappa shape index (κ1) is 14.5. The van der Waals surface area contributed by atoms with Crippen LogP contribution in [-0.4, -0.2) is 9.78 Å². The number of hydrogen-bond acceptors (Lipinski definition) is 3. The molecule has 0 fully saturated rings. The van der Waals surface area contributed by atoms with E-state index in [1.165, 1.54) is 0 Å². The van der Waals surface area contributed by atoms with Crippen LogP contribution >= 0.6 is 39.1 Å². The minimum absolute atomic E-state index is 0.467. The van der Waals surface area contributed by atoms with Gasteiger partial charge in [0.05, 0.1) is 27.4 Å². The van der Waals surface area contributed by atoms with Gasteiger partial charge < -0.3 is 10.2 Å². The zero-order valence-corrected chi connectivity index (χ0v) is 14.0.